The number of rotatable bonds is 2. The molecule has 0 aliphatic rings. The van der Waals surface area contributed by atoms with Gasteiger partial charge in [0, 0.05) is 11.8 Å². The minimum Gasteiger partial charge on any atom is -0.396 e. The predicted molar refractivity (Wildman–Crippen MR) is 70.5 cm³/mol. The summed E-state index contributed by atoms with van der Waals surface area (Å²) >= 11 is 5.71. The number of nitrogens with two attached hydrogens (primary N) is 1. The molecule has 0 radical (unpaired) electrons. The zero-order valence-corrected chi connectivity index (χ0v) is 11.0. The molecule has 0 aliphatic heterocycles. The van der Waals surface area contributed by atoms with E-state index in [9.17, 15) is 13.6 Å². The summed E-state index contributed by atoms with van der Waals surface area (Å²) in [5, 5.41) is 2.40. The Morgan fingerprint density at radius 2 is 1.95 bits per heavy atom. The highest BCUT2D eigenvalue weighted by Gasteiger charge is 2.16. The third-order valence-corrected chi connectivity index (χ3v) is 2.57. The van der Waals surface area contributed by atoms with Gasteiger partial charge >= 0.3 is 0 Å². The number of anilines is 2. The Labute approximate surface area is 117 Å². The zero-order chi connectivity index (χ0) is 14.9. The van der Waals surface area contributed by atoms with Crippen LogP contribution < -0.4 is 11.1 Å². The number of halogens is 3. The van der Waals surface area contributed by atoms with Crippen LogP contribution in [0.15, 0.2) is 18.2 Å². The van der Waals surface area contributed by atoms with Crippen molar-refractivity contribution >= 4 is 29.1 Å². The van der Waals surface area contributed by atoms with Gasteiger partial charge in [-0.2, -0.15) is 0 Å². The highest BCUT2D eigenvalue weighted by atomic mass is 35.5. The van der Waals surface area contributed by atoms with E-state index in [-0.39, 0.29) is 16.8 Å². The summed E-state index contributed by atoms with van der Waals surface area (Å²) < 4.78 is 26.5. The first-order valence-corrected chi connectivity index (χ1v) is 5.81. The van der Waals surface area contributed by atoms with E-state index < -0.39 is 23.1 Å². The zero-order valence-electron chi connectivity index (χ0n) is 10.2. The van der Waals surface area contributed by atoms with Crippen molar-refractivity contribution in [2.45, 2.75) is 6.92 Å². The highest BCUT2D eigenvalue weighted by Crippen LogP contribution is 2.18. The molecule has 5 nitrogen and oxygen atoms in total. The number of nitrogen functional groups attached to an aromatic ring is 1. The minimum absolute atomic E-state index is 0.0812. The van der Waals surface area contributed by atoms with E-state index in [0.717, 1.165) is 6.07 Å². The molecule has 0 bridgehead atoms. The van der Waals surface area contributed by atoms with Crippen molar-refractivity contribution in [3.05, 3.63) is 46.2 Å². The lowest BCUT2D eigenvalue weighted by Crippen LogP contribution is -2.17. The third kappa shape index (κ3) is 3.00. The van der Waals surface area contributed by atoms with Crippen LogP contribution in [0.4, 0.5) is 20.4 Å². The van der Waals surface area contributed by atoms with Crippen LogP contribution in [0.25, 0.3) is 0 Å². The Morgan fingerprint density at radius 1 is 1.25 bits per heavy atom. The van der Waals surface area contributed by atoms with Gasteiger partial charge in [-0.1, -0.05) is 11.6 Å². The summed E-state index contributed by atoms with van der Waals surface area (Å²) in [5.41, 5.74) is 5.08. The van der Waals surface area contributed by atoms with Crippen molar-refractivity contribution in [3.8, 4) is 0 Å². The molecule has 0 atom stereocenters. The molecule has 0 fully saturated rings. The lowest BCUT2D eigenvalue weighted by Gasteiger charge is -2.07. The summed E-state index contributed by atoms with van der Waals surface area (Å²) in [6.07, 6.45) is 0. The fourth-order valence-corrected chi connectivity index (χ4v) is 1.73. The van der Waals surface area contributed by atoms with E-state index in [0.29, 0.717) is 11.8 Å². The Kier molecular flexibility index (Phi) is 3.80. The van der Waals surface area contributed by atoms with Crippen LogP contribution in [-0.2, 0) is 0 Å². The summed E-state index contributed by atoms with van der Waals surface area (Å²) in [6, 6.07) is 2.93. The maximum absolute atomic E-state index is 13.5. The number of carbonyl (C=O) groups is 1. The summed E-state index contributed by atoms with van der Waals surface area (Å²) in [6.45, 7) is 1.65. The van der Waals surface area contributed by atoms with Gasteiger partial charge in [-0.15, -0.1) is 0 Å². The van der Waals surface area contributed by atoms with Crippen molar-refractivity contribution in [1.29, 1.82) is 0 Å². The Hall–Kier alpha value is -2.28. The second-order valence-electron chi connectivity index (χ2n) is 3.96. The van der Waals surface area contributed by atoms with Crippen LogP contribution in [0, 0.1) is 18.6 Å². The topological polar surface area (TPSA) is 80.9 Å². The molecule has 0 unspecified atom stereocenters. The van der Waals surface area contributed by atoms with Gasteiger partial charge in [-0.25, -0.2) is 18.7 Å². The van der Waals surface area contributed by atoms with Crippen molar-refractivity contribution in [2.75, 3.05) is 11.1 Å². The van der Waals surface area contributed by atoms with Crippen LogP contribution in [0.2, 0.25) is 5.15 Å². The first kappa shape index (κ1) is 14.1. The molecule has 20 heavy (non-hydrogen) atoms. The average molecular weight is 299 g/mol. The van der Waals surface area contributed by atoms with Crippen molar-refractivity contribution in [1.82, 2.24) is 9.97 Å². The third-order valence-electron chi connectivity index (χ3n) is 2.38. The van der Waals surface area contributed by atoms with E-state index in [2.05, 4.69) is 15.3 Å². The first-order valence-electron chi connectivity index (χ1n) is 5.44. The minimum atomic E-state index is -1.03. The number of aromatic nitrogens is 2. The van der Waals surface area contributed by atoms with Crippen molar-refractivity contribution < 1.29 is 13.6 Å². The number of carbonyl (C=O) groups excluding carboxylic acids is 1. The Balaban J connectivity index is 2.30. The molecule has 1 amide bonds. The first-order chi connectivity index (χ1) is 9.36. The highest BCUT2D eigenvalue weighted by molar-refractivity contribution is 6.29. The standard InChI is InChI=1S/C12H9ClF2N4O/c1-5-2-10(13)18-12(17-5)19-11(20)6-3-9(16)8(15)4-7(6)14/h2-4H,16H2,1H3,(H,17,18,19,20). The molecular weight excluding hydrogens is 290 g/mol. The van der Waals surface area contributed by atoms with Crippen LogP contribution in [0.3, 0.4) is 0 Å². The van der Waals surface area contributed by atoms with E-state index >= 15 is 0 Å². The SMILES string of the molecule is Cc1cc(Cl)nc(NC(=O)c2cc(N)c(F)cc2F)n1. The molecule has 0 saturated carbocycles. The second kappa shape index (κ2) is 5.38. The number of aryl methyl sites for hydroxylation is 1. The Bertz CT molecular complexity index is 673. The lowest BCUT2D eigenvalue weighted by molar-refractivity contribution is 0.102. The molecule has 1 heterocycles. The number of hydrogen-bond donors (Lipinski definition) is 2. The molecule has 1 aromatic carbocycles. The predicted octanol–water partition coefficient (Wildman–Crippen LogP) is 2.55. The van der Waals surface area contributed by atoms with E-state index in [1.807, 2.05) is 0 Å². The van der Waals surface area contributed by atoms with Gasteiger partial charge in [0.15, 0.2) is 0 Å². The van der Waals surface area contributed by atoms with Crippen LogP contribution >= 0.6 is 11.6 Å². The average Bonchev–Trinajstić information content (AvgIpc) is 2.32. The molecule has 0 aliphatic carbocycles. The van der Waals surface area contributed by atoms with E-state index in [1.54, 1.807) is 6.92 Å². The monoisotopic (exact) mass is 298 g/mol. The van der Waals surface area contributed by atoms with Gasteiger partial charge < -0.3 is 5.73 Å². The van der Waals surface area contributed by atoms with Crippen LogP contribution in [-0.4, -0.2) is 15.9 Å². The van der Waals surface area contributed by atoms with Gasteiger partial charge in [0.05, 0.1) is 11.3 Å². The van der Waals surface area contributed by atoms with Gasteiger partial charge in [-0.05, 0) is 19.1 Å². The smallest absolute Gasteiger partial charge is 0.261 e. The fraction of sp³-hybridized carbons (Fsp3) is 0.0833. The number of nitrogens with zero attached hydrogens (tertiary/aromatic N) is 2. The fourth-order valence-electron chi connectivity index (χ4n) is 1.49. The van der Waals surface area contributed by atoms with Gasteiger partial charge in [0.1, 0.15) is 16.8 Å². The van der Waals surface area contributed by atoms with Crippen molar-refractivity contribution in [2.24, 2.45) is 0 Å². The maximum atomic E-state index is 13.5. The van der Waals surface area contributed by atoms with E-state index in [1.165, 1.54) is 6.07 Å². The second-order valence-corrected chi connectivity index (χ2v) is 4.35. The summed E-state index contributed by atoms with van der Waals surface area (Å²) in [5.74, 6) is -2.90. The van der Waals surface area contributed by atoms with Crippen LogP contribution in [0.1, 0.15) is 16.1 Å². The largest absolute Gasteiger partial charge is 0.396 e. The molecule has 0 spiro atoms. The Morgan fingerprint density at radius 3 is 2.60 bits per heavy atom. The molecule has 104 valence electrons. The molecule has 2 rings (SSSR count). The normalized spacial score (nSPS) is 10.4. The molecule has 2 aromatic rings. The van der Waals surface area contributed by atoms with Gasteiger partial charge in [0.2, 0.25) is 5.95 Å². The number of benzene rings is 1. The van der Waals surface area contributed by atoms with Crippen molar-refractivity contribution in [3.63, 3.8) is 0 Å². The molecular formula is C12H9ClF2N4O. The molecule has 0 saturated heterocycles. The van der Waals surface area contributed by atoms with Gasteiger partial charge in [0.25, 0.3) is 5.91 Å². The quantitative estimate of drug-likeness (QED) is 0.659. The number of amides is 1. The number of hydrogen-bond acceptors (Lipinski definition) is 4. The summed E-state index contributed by atoms with van der Waals surface area (Å²) in [4.78, 5) is 19.5. The molecule has 8 heteroatoms. The number of nitrogens with one attached hydrogen (secondary N) is 1. The van der Waals surface area contributed by atoms with Gasteiger partial charge in [-0.3, -0.25) is 10.1 Å². The lowest BCUT2D eigenvalue weighted by atomic mass is 10.1. The molecule has 1 aromatic heterocycles. The van der Waals surface area contributed by atoms with Crippen LogP contribution in [0.5, 0.6) is 0 Å². The summed E-state index contributed by atoms with van der Waals surface area (Å²) in [7, 11) is 0. The molecule has 3 N–H and O–H groups in total. The maximum Gasteiger partial charge on any atom is 0.261 e. The van der Waals surface area contributed by atoms with E-state index in [4.69, 9.17) is 17.3 Å².